The van der Waals surface area contributed by atoms with E-state index in [-0.39, 0.29) is 17.1 Å². The number of hydrogen-bond acceptors (Lipinski definition) is 1. The van der Waals surface area contributed by atoms with Gasteiger partial charge in [0.1, 0.15) is 18.1 Å². The molecule has 0 aliphatic heterocycles. The fourth-order valence-electron chi connectivity index (χ4n) is 2.65. The van der Waals surface area contributed by atoms with E-state index in [1.807, 2.05) is 0 Å². The quantitative estimate of drug-likeness (QED) is 0.125. The molecule has 1 N–H and O–H groups in total. The molecule has 0 aliphatic carbocycles. The second kappa shape index (κ2) is 10.6. The minimum absolute atomic E-state index is 0.0119. The number of alkyl halides is 3. The third kappa shape index (κ3) is 6.40. The Hall–Kier alpha value is -1.70. The van der Waals surface area contributed by atoms with E-state index < -0.39 is 26.4 Å². The van der Waals surface area contributed by atoms with Crippen LogP contribution in [0, 0.1) is 13.7 Å². The SMILES string of the molecule is C=[N+]([CH-]c1ccc(-c2ccccc2C(F)(F)F)[o+]1[CH2-])c1ccccc1O.[Cl][Ti]([Cl])[Cl]. The Morgan fingerprint density at radius 1 is 1.00 bits per heavy atom. The summed E-state index contributed by atoms with van der Waals surface area (Å²) in [5, 5.41) is 9.88. The number of rotatable bonds is 4. The van der Waals surface area contributed by atoms with Crippen LogP contribution in [0.15, 0.2) is 64.7 Å². The third-order valence-electron chi connectivity index (χ3n) is 3.92. The van der Waals surface area contributed by atoms with Gasteiger partial charge < -0.3 is 9.15 Å². The fraction of sp³-hybridized carbons (Fsp3) is 0.0500. The van der Waals surface area contributed by atoms with Gasteiger partial charge in [0.05, 0.1) is 19.4 Å². The van der Waals surface area contributed by atoms with Crippen molar-refractivity contribution in [3.05, 3.63) is 85.6 Å². The van der Waals surface area contributed by atoms with Crippen LogP contribution >= 0.6 is 27.9 Å². The first-order valence-electron chi connectivity index (χ1n) is 8.21. The number of para-hydroxylation sites is 2. The van der Waals surface area contributed by atoms with E-state index in [1.165, 1.54) is 34.9 Å². The van der Waals surface area contributed by atoms with Crippen LogP contribution in [-0.4, -0.2) is 16.4 Å². The number of aromatic hydroxyl groups is 1. The summed E-state index contributed by atoms with van der Waals surface area (Å²) in [5.41, 5.74) is -0.279. The van der Waals surface area contributed by atoms with Crippen LogP contribution in [0.3, 0.4) is 0 Å². The molecule has 0 spiro atoms. The molecule has 0 amide bonds. The molecule has 159 valence electrons. The summed E-state index contributed by atoms with van der Waals surface area (Å²) < 4.78 is 43.5. The Balaban J connectivity index is 0.000000735. The van der Waals surface area contributed by atoms with Crippen molar-refractivity contribution >= 4 is 40.3 Å². The average Bonchev–Trinajstić information content (AvgIpc) is 3.01. The summed E-state index contributed by atoms with van der Waals surface area (Å²) in [6, 6.07) is 15.0. The molecule has 0 fully saturated rings. The zero-order valence-electron chi connectivity index (χ0n) is 15.3. The van der Waals surface area contributed by atoms with Gasteiger partial charge in [-0.25, -0.2) is 0 Å². The Labute approximate surface area is 190 Å². The maximum absolute atomic E-state index is 13.3. The molecule has 0 saturated heterocycles. The van der Waals surface area contributed by atoms with Crippen LogP contribution in [0.2, 0.25) is 0 Å². The number of hydrogen-bond donors (Lipinski definition) is 1. The molecule has 3 rings (SSSR count). The van der Waals surface area contributed by atoms with E-state index in [0.717, 1.165) is 6.07 Å². The minimum atomic E-state index is -4.47. The van der Waals surface area contributed by atoms with Gasteiger partial charge >= 0.3 is 48.8 Å². The topological polar surface area (TPSA) is 25.9 Å². The standard InChI is InChI=1S/C20H16F3NO2.3ClH.Ti/c1-24(17-9-5-6-10-18(17)25)13-14-11-12-19(26(14)2)15-7-3-4-8-16(15)20(21,22)23;;;;/h3-13,25H,1-2H2;3*1H;/q;;;;+3/p-3. The molecule has 0 saturated carbocycles. The summed E-state index contributed by atoms with van der Waals surface area (Å²) in [6.45, 7) is 5.38. The van der Waals surface area contributed by atoms with Gasteiger partial charge in [-0.3, -0.25) is 4.58 Å². The molecule has 0 bridgehead atoms. The third-order valence-corrected chi connectivity index (χ3v) is 3.92. The van der Waals surface area contributed by atoms with Crippen LogP contribution in [0.4, 0.5) is 18.9 Å². The van der Waals surface area contributed by atoms with Crippen molar-refractivity contribution in [2.45, 2.75) is 6.18 Å². The van der Waals surface area contributed by atoms with Crippen LogP contribution in [0.25, 0.3) is 11.3 Å². The van der Waals surface area contributed by atoms with E-state index >= 15 is 0 Å². The Bertz CT molecular complexity index is 1020. The van der Waals surface area contributed by atoms with Crippen LogP contribution in [-0.2, 0) is 20.9 Å². The average molecular weight is 514 g/mol. The van der Waals surface area contributed by atoms with Crippen molar-refractivity contribution in [2.75, 3.05) is 0 Å². The molecule has 1 aromatic heterocycles. The number of furan rings is 1. The summed E-state index contributed by atoms with van der Waals surface area (Å²) in [7, 11) is 18.7. The van der Waals surface area contributed by atoms with E-state index in [1.54, 1.807) is 30.8 Å². The monoisotopic (exact) mass is 512 g/mol. The van der Waals surface area contributed by atoms with Crippen molar-refractivity contribution in [1.29, 1.82) is 0 Å². The van der Waals surface area contributed by atoms with Crippen molar-refractivity contribution in [1.82, 2.24) is 0 Å². The molecular formula is C20H16Cl3F3NO2Ti. The van der Waals surface area contributed by atoms with Crippen LogP contribution in [0.1, 0.15) is 11.3 Å². The molecule has 0 unspecified atom stereocenters. The van der Waals surface area contributed by atoms with Gasteiger partial charge in [0.2, 0.25) is 0 Å². The van der Waals surface area contributed by atoms with Crippen molar-refractivity contribution in [3.63, 3.8) is 0 Å². The molecule has 10 heteroatoms. The van der Waals surface area contributed by atoms with Gasteiger partial charge in [-0.15, -0.1) is 0 Å². The van der Waals surface area contributed by atoms with Crippen molar-refractivity contribution in [2.24, 2.45) is 0 Å². The Morgan fingerprint density at radius 3 is 2.17 bits per heavy atom. The molecule has 1 heterocycles. The first-order valence-corrected chi connectivity index (χ1v) is 14.7. The van der Waals surface area contributed by atoms with E-state index in [0.29, 0.717) is 11.4 Å². The second-order valence-electron chi connectivity index (χ2n) is 5.84. The molecule has 3 aromatic rings. The first kappa shape index (κ1) is 24.6. The fourth-order valence-corrected chi connectivity index (χ4v) is 2.65. The summed E-state index contributed by atoms with van der Waals surface area (Å²) in [5.74, 6) is 0.735. The molecule has 3 nitrogen and oxygen atoms in total. The summed E-state index contributed by atoms with van der Waals surface area (Å²) >= 11 is -1.92. The Morgan fingerprint density at radius 2 is 1.57 bits per heavy atom. The predicted molar refractivity (Wildman–Crippen MR) is 111 cm³/mol. The summed E-state index contributed by atoms with van der Waals surface area (Å²) in [6.07, 6.45) is -4.47. The molecular weight excluding hydrogens is 497 g/mol. The second-order valence-corrected chi connectivity index (χ2v) is 13.6. The molecule has 0 aliphatic rings. The molecule has 0 radical (unpaired) electrons. The van der Waals surface area contributed by atoms with E-state index in [2.05, 4.69) is 17.9 Å². The molecule has 0 atom stereocenters. The molecule has 2 aromatic carbocycles. The predicted octanol–water partition coefficient (Wildman–Crippen LogP) is 7.62. The van der Waals surface area contributed by atoms with Crippen LogP contribution < -0.4 is 0 Å². The van der Waals surface area contributed by atoms with Crippen LogP contribution in [0.5, 0.6) is 5.75 Å². The normalized spacial score (nSPS) is 10.7. The van der Waals surface area contributed by atoms with Gasteiger partial charge in [-0.2, -0.15) is 13.2 Å². The number of phenols is 1. The number of halogens is 6. The van der Waals surface area contributed by atoms with Crippen molar-refractivity contribution in [3.8, 4) is 17.1 Å². The van der Waals surface area contributed by atoms with Gasteiger partial charge in [-0.05, 0) is 12.1 Å². The van der Waals surface area contributed by atoms with E-state index in [4.69, 9.17) is 27.9 Å². The number of nitrogens with zero attached hydrogens (tertiary/aromatic N) is 1. The first-order chi connectivity index (χ1) is 14.0. The Kier molecular flexibility index (Phi) is 8.65. The van der Waals surface area contributed by atoms with E-state index in [9.17, 15) is 18.3 Å². The van der Waals surface area contributed by atoms with Gasteiger partial charge in [-0.1, -0.05) is 48.5 Å². The van der Waals surface area contributed by atoms with Gasteiger partial charge in [0, 0.05) is 5.56 Å². The number of phenolic OH excluding ortho intramolecular Hbond substituents is 1. The molecule has 30 heavy (non-hydrogen) atoms. The van der Waals surface area contributed by atoms with Crippen molar-refractivity contribution < 1.29 is 41.6 Å². The zero-order chi connectivity index (χ0) is 22.5. The zero-order valence-corrected chi connectivity index (χ0v) is 19.2. The number of benzene rings is 2. The van der Waals surface area contributed by atoms with Gasteiger partial charge in [0.25, 0.3) is 0 Å². The van der Waals surface area contributed by atoms with Gasteiger partial charge in [0.15, 0.2) is 11.4 Å². The summed E-state index contributed by atoms with van der Waals surface area (Å²) in [4.78, 5) is 0. The maximum atomic E-state index is 13.3.